The van der Waals surface area contributed by atoms with Gasteiger partial charge in [0.2, 0.25) is 0 Å². The summed E-state index contributed by atoms with van der Waals surface area (Å²) in [5.41, 5.74) is 1.07. The van der Waals surface area contributed by atoms with Gasteiger partial charge in [-0.1, -0.05) is 32.1 Å². The lowest BCUT2D eigenvalue weighted by atomic mass is 10.2. The molecule has 0 aliphatic heterocycles. The van der Waals surface area contributed by atoms with Crippen molar-refractivity contribution in [2.45, 2.75) is 19.8 Å². The fourth-order valence-corrected chi connectivity index (χ4v) is 0.541. The summed E-state index contributed by atoms with van der Waals surface area (Å²) in [4.78, 5) is 7.84. The number of hydrogen-bond donors (Lipinski definition) is 0. The topological polar surface area (TPSA) is 27.0 Å². The first-order chi connectivity index (χ1) is 3.80. The van der Waals surface area contributed by atoms with E-state index in [4.69, 9.17) is 0 Å². The molecule has 0 aliphatic carbocycles. The lowest BCUT2D eigenvalue weighted by Crippen LogP contribution is -1.84. The molecule has 1 rings (SSSR count). The van der Waals surface area contributed by atoms with E-state index in [0.717, 1.165) is 5.69 Å². The Morgan fingerprint density at radius 1 is 1.62 bits per heavy atom. The maximum atomic E-state index is 4.00. The number of rotatable bonds is 1. The summed E-state index contributed by atoms with van der Waals surface area (Å²) in [5.74, 6) is 0.512. The SMILES string of the molecule is CC(C)c1c[n-]cn1. The van der Waals surface area contributed by atoms with Gasteiger partial charge < -0.3 is 9.97 Å². The maximum Gasteiger partial charge on any atom is -0.0261 e. The fourth-order valence-electron chi connectivity index (χ4n) is 0.541. The molecule has 1 heterocycles. The average Bonchev–Trinajstić information content (AvgIpc) is 2.12. The van der Waals surface area contributed by atoms with Gasteiger partial charge >= 0.3 is 0 Å². The first-order valence-corrected chi connectivity index (χ1v) is 2.73. The second kappa shape index (κ2) is 1.99. The third-order valence-corrected chi connectivity index (χ3v) is 1.07. The van der Waals surface area contributed by atoms with Crippen LogP contribution in [-0.4, -0.2) is 4.98 Å². The minimum absolute atomic E-state index is 0.512. The Balaban J connectivity index is 2.77. The van der Waals surface area contributed by atoms with E-state index in [2.05, 4.69) is 23.8 Å². The van der Waals surface area contributed by atoms with Gasteiger partial charge in [0.05, 0.1) is 0 Å². The number of hydrogen-bond acceptors (Lipinski definition) is 1. The van der Waals surface area contributed by atoms with Crippen molar-refractivity contribution >= 4 is 0 Å². The van der Waals surface area contributed by atoms with E-state index >= 15 is 0 Å². The molecule has 0 bridgehead atoms. The molecule has 0 amide bonds. The third kappa shape index (κ3) is 0.886. The van der Waals surface area contributed by atoms with E-state index in [9.17, 15) is 0 Å². The van der Waals surface area contributed by atoms with E-state index < -0.39 is 0 Å². The molecule has 0 saturated carbocycles. The normalized spacial score (nSPS) is 10.4. The van der Waals surface area contributed by atoms with Crippen LogP contribution in [0.25, 0.3) is 0 Å². The predicted molar refractivity (Wildman–Crippen MR) is 31.6 cm³/mol. The van der Waals surface area contributed by atoms with E-state index in [-0.39, 0.29) is 0 Å². The Labute approximate surface area is 49.0 Å². The molecule has 1 aromatic rings. The highest BCUT2D eigenvalue weighted by molar-refractivity contribution is 4.98. The van der Waals surface area contributed by atoms with Crippen LogP contribution >= 0.6 is 0 Å². The van der Waals surface area contributed by atoms with Crippen molar-refractivity contribution in [1.29, 1.82) is 0 Å². The van der Waals surface area contributed by atoms with Gasteiger partial charge in [0.1, 0.15) is 0 Å². The van der Waals surface area contributed by atoms with Crippen molar-refractivity contribution in [3.05, 3.63) is 18.2 Å². The van der Waals surface area contributed by atoms with Crippen LogP contribution in [0.15, 0.2) is 12.5 Å². The molecule has 0 spiro atoms. The largest absolute Gasteiger partial charge is 0.450 e. The van der Waals surface area contributed by atoms with Gasteiger partial charge in [0, 0.05) is 0 Å². The van der Waals surface area contributed by atoms with E-state index in [1.165, 1.54) is 0 Å². The quantitative estimate of drug-likeness (QED) is 0.541. The fraction of sp³-hybridized carbons (Fsp3) is 0.500. The van der Waals surface area contributed by atoms with Crippen molar-refractivity contribution < 1.29 is 0 Å². The Kier molecular flexibility index (Phi) is 1.33. The Morgan fingerprint density at radius 3 is 2.62 bits per heavy atom. The lowest BCUT2D eigenvalue weighted by molar-refractivity contribution is 0.832. The molecule has 0 N–H and O–H groups in total. The van der Waals surface area contributed by atoms with Gasteiger partial charge in [-0.3, -0.25) is 0 Å². The highest BCUT2D eigenvalue weighted by Gasteiger charge is 1.89. The van der Waals surface area contributed by atoms with Crippen molar-refractivity contribution in [3.63, 3.8) is 0 Å². The summed E-state index contributed by atoms with van der Waals surface area (Å²) < 4.78 is 0. The molecule has 1 aromatic heterocycles. The molecule has 0 radical (unpaired) electrons. The third-order valence-electron chi connectivity index (χ3n) is 1.07. The minimum Gasteiger partial charge on any atom is -0.450 e. The van der Waals surface area contributed by atoms with E-state index in [0.29, 0.717) is 5.92 Å². The molecule has 0 atom stereocenters. The average molecular weight is 109 g/mol. The highest BCUT2D eigenvalue weighted by Crippen LogP contribution is 2.06. The summed E-state index contributed by atoms with van der Waals surface area (Å²) in [6.45, 7) is 4.20. The van der Waals surface area contributed by atoms with Crippen LogP contribution in [0.2, 0.25) is 0 Å². The van der Waals surface area contributed by atoms with Crippen LogP contribution in [-0.2, 0) is 0 Å². The summed E-state index contributed by atoms with van der Waals surface area (Å²) in [6, 6.07) is 0. The molecule has 0 fully saturated rings. The van der Waals surface area contributed by atoms with Crippen LogP contribution in [0.3, 0.4) is 0 Å². The van der Waals surface area contributed by atoms with Crippen molar-refractivity contribution in [2.75, 3.05) is 0 Å². The van der Waals surface area contributed by atoms with Crippen LogP contribution < -0.4 is 4.98 Å². The van der Waals surface area contributed by atoms with Crippen LogP contribution in [0, 0.1) is 0 Å². The van der Waals surface area contributed by atoms with Gasteiger partial charge in [-0.15, -0.1) is 0 Å². The molecule has 0 aliphatic rings. The van der Waals surface area contributed by atoms with Gasteiger partial charge in [0.15, 0.2) is 0 Å². The van der Waals surface area contributed by atoms with E-state index in [1.807, 2.05) is 0 Å². The monoisotopic (exact) mass is 109 g/mol. The molecule has 2 heteroatoms. The summed E-state index contributed by atoms with van der Waals surface area (Å²) >= 11 is 0. The second-order valence-corrected chi connectivity index (χ2v) is 2.10. The minimum atomic E-state index is 0.512. The molecular formula is C6H9N2-. The van der Waals surface area contributed by atoms with Crippen LogP contribution in [0.4, 0.5) is 0 Å². The lowest BCUT2D eigenvalue weighted by Gasteiger charge is -2.01. The van der Waals surface area contributed by atoms with Crippen molar-refractivity contribution in [1.82, 2.24) is 9.97 Å². The highest BCUT2D eigenvalue weighted by atomic mass is 14.9. The Morgan fingerprint density at radius 2 is 2.38 bits per heavy atom. The van der Waals surface area contributed by atoms with Crippen LogP contribution in [0.5, 0.6) is 0 Å². The summed E-state index contributed by atoms with van der Waals surface area (Å²) in [7, 11) is 0. The Bertz CT molecular complexity index is 142. The Hall–Kier alpha value is -0.790. The predicted octanol–water partition coefficient (Wildman–Crippen LogP) is 1.16. The second-order valence-electron chi connectivity index (χ2n) is 2.10. The van der Waals surface area contributed by atoms with Crippen molar-refractivity contribution in [2.24, 2.45) is 0 Å². The first kappa shape index (κ1) is 5.35. The summed E-state index contributed by atoms with van der Waals surface area (Å²) in [5, 5.41) is 0. The summed E-state index contributed by atoms with van der Waals surface area (Å²) in [6.07, 6.45) is 3.38. The zero-order chi connectivity index (χ0) is 5.98. The molecule has 0 aromatic carbocycles. The number of aromatic nitrogens is 2. The number of nitrogens with zero attached hydrogens (tertiary/aromatic N) is 2. The zero-order valence-electron chi connectivity index (χ0n) is 5.13. The molecule has 0 saturated heterocycles. The first-order valence-electron chi connectivity index (χ1n) is 2.73. The molecule has 8 heavy (non-hydrogen) atoms. The molecule has 44 valence electrons. The van der Waals surface area contributed by atoms with Gasteiger partial charge in [-0.2, -0.15) is 0 Å². The molecular weight excluding hydrogens is 100 g/mol. The zero-order valence-corrected chi connectivity index (χ0v) is 5.13. The maximum absolute atomic E-state index is 4.00. The molecule has 0 unspecified atom stereocenters. The van der Waals surface area contributed by atoms with E-state index in [1.54, 1.807) is 12.5 Å². The van der Waals surface area contributed by atoms with Crippen molar-refractivity contribution in [3.8, 4) is 0 Å². The van der Waals surface area contributed by atoms with Gasteiger partial charge in [-0.25, -0.2) is 0 Å². The van der Waals surface area contributed by atoms with Gasteiger partial charge in [-0.05, 0) is 5.92 Å². The standard InChI is InChI=1S/C6H9N2/c1-5(2)6-3-7-4-8-6/h3-5H,1-2H3/q-1. The van der Waals surface area contributed by atoms with Crippen LogP contribution in [0.1, 0.15) is 25.5 Å². The van der Waals surface area contributed by atoms with Gasteiger partial charge in [0.25, 0.3) is 0 Å². The molecule has 2 nitrogen and oxygen atoms in total. The number of imidazole rings is 1. The smallest absolute Gasteiger partial charge is 0.0261 e.